The number of hydrogen-bond acceptors (Lipinski definition) is 2. The van der Waals surface area contributed by atoms with E-state index in [0.29, 0.717) is 0 Å². The first-order valence-corrected chi connectivity index (χ1v) is 5.82. The first kappa shape index (κ1) is 11.0. The number of nitrogens with two attached hydrogens (primary N) is 1. The third-order valence-electron chi connectivity index (χ3n) is 2.72. The van der Waals surface area contributed by atoms with Crippen LogP contribution in [0, 0.1) is 0 Å². The first-order chi connectivity index (χ1) is 6.38. The highest BCUT2D eigenvalue weighted by Crippen LogP contribution is 2.27. The second-order valence-corrected chi connectivity index (χ2v) is 4.12. The Kier molecular flexibility index (Phi) is 5.40. The van der Waals surface area contributed by atoms with E-state index < -0.39 is 0 Å². The van der Waals surface area contributed by atoms with Crippen LogP contribution in [0.3, 0.4) is 0 Å². The third kappa shape index (κ3) is 4.63. The summed E-state index contributed by atoms with van der Waals surface area (Å²) < 4.78 is 0. The summed E-state index contributed by atoms with van der Waals surface area (Å²) in [7, 11) is 0. The van der Waals surface area contributed by atoms with Crippen LogP contribution in [-0.4, -0.2) is 30.6 Å². The summed E-state index contributed by atoms with van der Waals surface area (Å²) in [5.74, 6) is 0. The molecule has 0 aromatic carbocycles. The lowest BCUT2D eigenvalue weighted by Gasteiger charge is -2.20. The molecule has 0 bridgehead atoms. The predicted molar refractivity (Wildman–Crippen MR) is 57.8 cm³/mol. The number of unbranched alkanes of at least 4 members (excludes halogenated alkanes) is 2. The van der Waals surface area contributed by atoms with Gasteiger partial charge in [0.1, 0.15) is 0 Å². The van der Waals surface area contributed by atoms with Gasteiger partial charge in [0.15, 0.2) is 0 Å². The van der Waals surface area contributed by atoms with Gasteiger partial charge >= 0.3 is 0 Å². The highest BCUT2D eigenvalue weighted by atomic mass is 15.2. The molecule has 0 atom stereocenters. The fourth-order valence-electron chi connectivity index (χ4n) is 1.84. The number of nitrogens with zero attached hydrogens (tertiary/aromatic N) is 1. The van der Waals surface area contributed by atoms with Crippen molar-refractivity contribution < 1.29 is 0 Å². The molecule has 0 amide bonds. The molecule has 0 aliphatic heterocycles. The molecule has 2 nitrogen and oxygen atoms in total. The lowest BCUT2D eigenvalue weighted by atomic mass is 10.2. The Morgan fingerprint density at radius 1 is 1.15 bits per heavy atom. The molecule has 1 rings (SSSR count). The Hall–Kier alpha value is -0.0800. The SMILES string of the molecule is CCCN(CCCCCN)C1CC1. The van der Waals surface area contributed by atoms with Crippen LogP contribution >= 0.6 is 0 Å². The summed E-state index contributed by atoms with van der Waals surface area (Å²) in [4.78, 5) is 2.66. The minimum atomic E-state index is 0.858. The van der Waals surface area contributed by atoms with Crippen molar-refractivity contribution in [2.75, 3.05) is 19.6 Å². The van der Waals surface area contributed by atoms with Crippen LogP contribution in [0.1, 0.15) is 45.4 Å². The first-order valence-electron chi connectivity index (χ1n) is 5.82. The van der Waals surface area contributed by atoms with Gasteiger partial charge in [-0.3, -0.25) is 0 Å². The molecule has 78 valence electrons. The van der Waals surface area contributed by atoms with E-state index in [1.54, 1.807) is 0 Å². The Labute approximate surface area is 82.5 Å². The minimum absolute atomic E-state index is 0.858. The molecule has 1 saturated carbocycles. The van der Waals surface area contributed by atoms with E-state index in [4.69, 9.17) is 5.73 Å². The van der Waals surface area contributed by atoms with Gasteiger partial charge in [-0.1, -0.05) is 13.3 Å². The Morgan fingerprint density at radius 2 is 1.92 bits per heavy atom. The van der Waals surface area contributed by atoms with Crippen LogP contribution in [0.2, 0.25) is 0 Å². The van der Waals surface area contributed by atoms with Crippen molar-refractivity contribution in [3.05, 3.63) is 0 Å². The summed E-state index contributed by atoms with van der Waals surface area (Å²) in [5.41, 5.74) is 5.46. The van der Waals surface area contributed by atoms with E-state index in [9.17, 15) is 0 Å². The summed E-state index contributed by atoms with van der Waals surface area (Å²) in [6.45, 7) is 5.73. The average Bonchev–Trinajstić information content (AvgIpc) is 2.93. The van der Waals surface area contributed by atoms with Gasteiger partial charge in [-0.25, -0.2) is 0 Å². The second kappa shape index (κ2) is 6.39. The minimum Gasteiger partial charge on any atom is -0.330 e. The smallest absolute Gasteiger partial charge is 0.00964 e. The van der Waals surface area contributed by atoms with Crippen LogP contribution in [0.25, 0.3) is 0 Å². The molecule has 1 aliphatic rings. The van der Waals surface area contributed by atoms with Crippen molar-refractivity contribution in [3.63, 3.8) is 0 Å². The predicted octanol–water partition coefficient (Wildman–Crippen LogP) is 1.99. The molecule has 13 heavy (non-hydrogen) atoms. The largest absolute Gasteiger partial charge is 0.330 e. The van der Waals surface area contributed by atoms with Crippen molar-refractivity contribution in [1.82, 2.24) is 4.90 Å². The van der Waals surface area contributed by atoms with Gasteiger partial charge in [-0.2, -0.15) is 0 Å². The summed E-state index contributed by atoms with van der Waals surface area (Å²) >= 11 is 0. The maximum Gasteiger partial charge on any atom is 0.00964 e. The van der Waals surface area contributed by atoms with E-state index in [1.807, 2.05) is 0 Å². The lowest BCUT2D eigenvalue weighted by molar-refractivity contribution is 0.258. The average molecular weight is 184 g/mol. The van der Waals surface area contributed by atoms with E-state index in [0.717, 1.165) is 12.6 Å². The molecule has 2 heteroatoms. The third-order valence-corrected chi connectivity index (χ3v) is 2.72. The molecule has 0 saturated heterocycles. The van der Waals surface area contributed by atoms with Crippen LogP contribution in [0.5, 0.6) is 0 Å². The molecule has 0 aromatic rings. The van der Waals surface area contributed by atoms with Crippen molar-refractivity contribution in [2.45, 2.75) is 51.5 Å². The highest BCUT2D eigenvalue weighted by Gasteiger charge is 2.27. The topological polar surface area (TPSA) is 29.3 Å². The van der Waals surface area contributed by atoms with Gasteiger partial charge in [0.05, 0.1) is 0 Å². The van der Waals surface area contributed by atoms with E-state index >= 15 is 0 Å². The van der Waals surface area contributed by atoms with Gasteiger partial charge in [-0.15, -0.1) is 0 Å². The molecular weight excluding hydrogens is 160 g/mol. The molecule has 0 unspecified atom stereocenters. The van der Waals surface area contributed by atoms with Crippen LogP contribution in [0.4, 0.5) is 0 Å². The van der Waals surface area contributed by atoms with Crippen LogP contribution in [-0.2, 0) is 0 Å². The van der Waals surface area contributed by atoms with Gasteiger partial charge in [-0.05, 0) is 51.7 Å². The Balaban J connectivity index is 2.00. The van der Waals surface area contributed by atoms with Gasteiger partial charge < -0.3 is 10.6 Å². The Bertz CT molecular complexity index is 121. The van der Waals surface area contributed by atoms with Gasteiger partial charge in [0.2, 0.25) is 0 Å². The second-order valence-electron chi connectivity index (χ2n) is 4.12. The summed E-state index contributed by atoms with van der Waals surface area (Å²) in [5, 5.41) is 0. The molecule has 0 spiro atoms. The molecule has 1 fully saturated rings. The van der Waals surface area contributed by atoms with E-state index in [2.05, 4.69) is 11.8 Å². The van der Waals surface area contributed by atoms with Crippen LogP contribution in [0.15, 0.2) is 0 Å². The van der Waals surface area contributed by atoms with E-state index in [1.165, 1.54) is 51.6 Å². The molecule has 0 aromatic heterocycles. The van der Waals surface area contributed by atoms with Crippen molar-refractivity contribution >= 4 is 0 Å². The van der Waals surface area contributed by atoms with Crippen LogP contribution < -0.4 is 5.73 Å². The van der Waals surface area contributed by atoms with Crippen molar-refractivity contribution in [2.24, 2.45) is 5.73 Å². The molecular formula is C11H24N2. The lowest BCUT2D eigenvalue weighted by Crippen LogP contribution is -2.28. The Morgan fingerprint density at radius 3 is 2.46 bits per heavy atom. The molecule has 0 radical (unpaired) electrons. The van der Waals surface area contributed by atoms with Crippen molar-refractivity contribution in [3.8, 4) is 0 Å². The normalized spacial score (nSPS) is 16.8. The zero-order chi connectivity index (χ0) is 9.52. The van der Waals surface area contributed by atoms with Gasteiger partial charge in [0.25, 0.3) is 0 Å². The zero-order valence-electron chi connectivity index (χ0n) is 8.97. The zero-order valence-corrected chi connectivity index (χ0v) is 8.97. The molecule has 1 aliphatic carbocycles. The molecule has 2 N–H and O–H groups in total. The fourth-order valence-corrected chi connectivity index (χ4v) is 1.84. The fraction of sp³-hybridized carbons (Fsp3) is 1.00. The monoisotopic (exact) mass is 184 g/mol. The summed E-state index contributed by atoms with van der Waals surface area (Å²) in [6.07, 6.45) is 8.03. The number of hydrogen-bond donors (Lipinski definition) is 1. The molecule has 0 heterocycles. The quantitative estimate of drug-likeness (QED) is 0.585. The maximum atomic E-state index is 5.46. The van der Waals surface area contributed by atoms with E-state index in [-0.39, 0.29) is 0 Å². The van der Waals surface area contributed by atoms with Gasteiger partial charge in [0, 0.05) is 6.04 Å². The number of rotatable bonds is 8. The van der Waals surface area contributed by atoms with Crippen molar-refractivity contribution in [1.29, 1.82) is 0 Å². The maximum absolute atomic E-state index is 5.46. The standard InChI is InChI=1S/C11H24N2/c1-2-9-13(11-6-7-11)10-5-3-4-8-12/h11H,2-10,12H2,1H3. The highest BCUT2D eigenvalue weighted by molar-refractivity contribution is 4.84. The summed E-state index contributed by atoms with van der Waals surface area (Å²) in [6, 6.07) is 0.942.